The van der Waals surface area contributed by atoms with Gasteiger partial charge in [-0.15, -0.1) is 0 Å². The molecule has 0 bridgehead atoms. The maximum Gasteiger partial charge on any atom is 0.243 e. The lowest BCUT2D eigenvalue weighted by molar-refractivity contribution is -0.0777. The summed E-state index contributed by atoms with van der Waals surface area (Å²) in [5.74, 6) is 1.48. The van der Waals surface area contributed by atoms with Gasteiger partial charge < -0.3 is 15.0 Å². The van der Waals surface area contributed by atoms with Crippen molar-refractivity contribution in [2.45, 2.75) is 64.5 Å². The molecule has 0 unspecified atom stereocenters. The van der Waals surface area contributed by atoms with Crippen LogP contribution in [0.25, 0.3) is 0 Å². The van der Waals surface area contributed by atoms with E-state index in [0.717, 1.165) is 25.7 Å². The molecule has 0 radical (unpaired) electrons. The van der Waals surface area contributed by atoms with Gasteiger partial charge in [0, 0.05) is 6.61 Å². The van der Waals surface area contributed by atoms with Crippen molar-refractivity contribution in [1.82, 2.24) is 10.1 Å². The first-order chi connectivity index (χ1) is 9.09. The van der Waals surface area contributed by atoms with Gasteiger partial charge in [0.2, 0.25) is 11.7 Å². The molecule has 1 aromatic rings. The fraction of sp³-hybridized carbons (Fsp3) is 0.857. The predicted octanol–water partition coefficient (Wildman–Crippen LogP) is 2.92. The minimum Gasteiger partial charge on any atom is -0.367 e. The van der Waals surface area contributed by atoms with Gasteiger partial charge in [-0.2, -0.15) is 4.98 Å². The molecule has 108 valence electrons. The van der Waals surface area contributed by atoms with Gasteiger partial charge >= 0.3 is 0 Å². The Bertz CT molecular complexity index is 392. The van der Waals surface area contributed by atoms with Crippen molar-refractivity contribution in [3.8, 4) is 0 Å². The lowest BCUT2D eigenvalue weighted by atomic mass is 9.84. The van der Waals surface area contributed by atoms with Crippen molar-refractivity contribution in [2.24, 2.45) is 11.7 Å². The molecule has 1 heterocycles. The normalized spacial score (nSPS) is 20.7. The van der Waals surface area contributed by atoms with Gasteiger partial charge in [-0.3, -0.25) is 0 Å². The Morgan fingerprint density at radius 3 is 2.58 bits per heavy atom. The van der Waals surface area contributed by atoms with Crippen LogP contribution >= 0.6 is 0 Å². The molecule has 5 nitrogen and oxygen atoms in total. The molecule has 1 saturated carbocycles. The second kappa shape index (κ2) is 6.01. The quantitative estimate of drug-likeness (QED) is 0.887. The smallest absolute Gasteiger partial charge is 0.243 e. The summed E-state index contributed by atoms with van der Waals surface area (Å²) in [4.78, 5) is 4.52. The molecule has 2 rings (SSSR count). The molecule has 0 saturated heterocycles. The maximum absolute atomic E-state index is 6.06. The highest BCUT2D eigenvalue weighted by Gasteiger charge is 2.39. The highest BCUT2D eigenvalue weighted by Crippen LogP contribution is 2.39. The predicted molar refractivity (Wildman–Crippen MR) is 72.5 cm³/mol. The molecule has 0 amide bonds. The highest BCUT2D eigenvalue weighted by molar-refractivity contribution is 5.05. The van der Waals surface area contributed by atoms with E-state index < -0.39 is 0 Å². The van der Waals surface area contributed by atoms with Crippen molar-refractivity contribution in [2.75, 3.05) is 6.61 Å². The fourth-order valence-corrected chi connectivity index (χ4v) is 2.67. The van der Waals surface area contributed by atoms with Crippen molar-refractivity contribution < 1.29 is 9.26 Å². The first-order valence-electron chi connectivity index (χ1n) is 7.32. The van der Waals surface area contributed by atoms with Crippen LogP contribution in [0.3, 0.4) is 0 Å². The van der Waals surface area contributed by atoms with Crippen molar-refractivity contribution in [3.05, 3.63) is 11.7 Å². The Balaban J connectivity index is 2.23. The summed E-state index contributed by atoms with van der Waals surface area (Å²) < 4.78 is 11.3. The van der Waals surface area contributed by atoms with Gasteiger partial charge in [0.1, 0.15) is 5.60 Å². The number of hydrogen-bond donors (Lipinski definition) is 1. The molecule has 1 aromatic heterocycles. The zero-order valence-corrected chi connectivity index (χ0v) is 12.2. The van der Waals surface area contributed by atoms with Crippen LogP contribution in [0.4, 0.5) is 0 Å². The molecule has 5 heteroatoms. The van der Waals surface area contributed by atoms with E-state index in [2.05, 4.69) is 10.1 Å². The topological polar surface area (TPSA) is 74.2 Å². The molecule has 1 fully saturated rings. The number of nitrogens with zero attached hydrogens (tertiary/aromatic N) is 2. The molecular weight excluding hydrogens is 242 g/mol. The van der Waals surface area contributed by atoms with E-state index in [1.54, 1.807) is 0 Å². The Kier molecular flexibility index (Phi) is 4.58. The second-order valence-electron chi connectivity index (χ2n) is 5.71. The lowest BCUT2D eigenvalue weighted by Gasteiger charge is -2.33. The number of rotatable bonds is 5. The molecule has 0 spiro atoms. The van der Waals surface area contributed by atoms with Gasteiger partial charge in [-0.1, -0.05) is 38.3 Å². The largest absolute Gasteiger partial charge is 0.367 e. The van der Waals surface area contributed by atoms with E-state index in [-0.39, 0.29) is 17.6 Å². The van der Waals surface area contributed by atoms with Gasteiger partial charge in [0.15, 0.2) is 0 Å². The average Bonchev–Trinajstić information content (AvgIpc) is 2.89. The van der Waals surface area contributed by atoms with Crippen LogP contribution in [-0.4, -0.2) is 16.7 Å². The van der Waals surface area contributed by atoms with Gasteiger partial charge in [-0.05, 0) is 25.7 Å². The van der Waals surface area contributed by atoms with Crippen molar-refractivity contribution >= 4 is 0 Å². The minimum absolute atomic E-state index is 0.205. The van der Waals surface area contributed by atoms with Crippen LogP contribution in [0.1, 0.15) is 70.6 Å². The van der Waals surface area contributed by atoms with Crippen LogP contribution in [0.2, 0.25) is 0 Å². The van der Waals surface area contributed by atoms with Crippen LogP contribution in [0.15, 0.2) is 4.52 Å². The summed E-state index contributed by atoms with van der Waals surface area (Å²) in [5, 5.41) is 4.14. The van der Waals surface area contributed by atoms with Crippen molar-refractivity contribution in [1.29, 1.82) is 0 Å². The van der Waals surface area contributed by atoms with E-state index in [0.29, 0.717) is 18.3 Å². The third-order valence-corrected chi connectivity index (χ3v) is 3.93. The number of nitrogens with two attached hydrogens (primary N) is 1. The summed E-state index contributed by atoms with van der Waals surface area (Å²) in [7, 11) is 0. The molecule has 1 aliphatic rings. The first-order valence-corrected chi connectivity index (χ1v) is 7.32. The molecule has 19 heavy (non-hydrogen) atoms. The van der Waals surface area contributed by atoms with Crippen LogP contribution < -0.4 is 5.73 Å². The highest BCUT2D eigenvalue weighted by atomic mass is 16.5. The maximum atomic E-state index is 6.06. The average molecular weight is 267 g/mol. The zero-order valence-electron chi connectivity index (χ0n) is 12.2. The Labute approximate surface area is 114 Å². The molecular formula is C14H25N3O2. The van der Waals surface area contributed by atoms with Gasteiger partial charge in [-0.25, -0.2) is 0 Å². The fourth-order valence-electron chi connectivity index (χ4n) is 2.67. The lowest BCUT2D eigenvalue weighted by Crippen LogP contribution is -2.33. The Morgan fingerprint density at radius 1 is 1.32 bits per heavy atom. The van der Waals surface area contributed by atoms with E-state index in [1.807, 2.05) is 20.8 Å². The first kappa shape index (κ1) is 14.5. The molecule has 1 aliphatic carbocycles. The number of ether oxygens (including phenoxy) is 1. The van der Waals surface area contributed by atoms with E-state index in [4.69, 9.17) is 15.0 Å². The number of hydrogen-bond acceptors (Lipinski definition) is 5. The SMILES string of the molecule is CCOC1(c2noc([C@H](N)C(C)C)n2)CCCCC1. The Morgan fingerprint density at radius 2 is 2.00 bits per heavy atom. The summed E-state index contributed by atoms with van der Waals surface area (Å²) in [6.07, 6.45) is 5.50. The van der Waals surface area contributed by atoms with Gasteiger partial charge in [0.05, 0.1) is 6.04 Å². The Hall–Kier alpha value is -0.940. The third-order valence-electron chi connectivity index (χ3n) is 3.93. The van der Waals surface area contributed by atoms with E-state index in [1.165, 1.54) is 6.42 Å². The van der Waals surface area contributed by atoms with Crippen molar-refractivity contribution in [3.63, 3.8) is 0 Å². The van der Waals surface area contributed by atoms with Gasteiger partial charge in [0.25, 0.3) is 0 Å². The number of aromatic nitrogens is 2. The standard InChI is InChI=1S/C14H25N3O2/c1-4-18-14(8-6-5-7-9-14)13-16-12(19-17-13)11(15)10(2)3/h10-11H,4-9,15H2,1-3H3/t11-/m1/s1. The summed E-state index contributed by atoms with van der Waals surface area (Å²) in [6.45, 7) is 6.78. The molecule has 1 atom stereocenters. The molecule has 2 N–H and O–H groups in total. The minimum atomic E-state index is -0.356. The monoisotopic (exact) mass is 267 g/mol. The summed E-state index contributed by atoms with van der Waals surface area (Å²) in [5.41, 5.74) is 5.70. The van der Waals surface area contributed by atoms with Crippen LogP contribution in [-0.2, 0) is 10.3 Å². The zero-order chi connectivity index (χ0) is 13.9. The summed E-state index contributed by atoms with van der Waals surface area (Å²) in [6, 6.07) is -0.205. The van der Waals surface area contributed by atoms with E-state index in [9.17, 15) is 0 Å². The second-order valence-corrected chi connectivity index (χ2v) is 5.71. The van der Waals surface area contributed by atoms with Crippen LogP contribution in [0, 0.1) is 5.92 Å². The van der Waals surface area contributed by atoms with Crippen LogP contribution in [0.5, 0.6) is 0 Å². The molecule has 0 aliphatic heterocycles. The summed E-state index contributed by atoms with van der Waals surface area (Å²) >= 11 is 0. The van der Waals surface area contributed by atoms with E-state index >= 15 is 0 Å². The third kappa shape index (κ3) is 2.98. The molecule has 0 aromatic carbocycles.